The van der Waals surface area contributed by atoms with E-state index in [0.29, 0.717) is 0 Å². The van der Waals surface area contributed by atoms with E-state index in [1.165, 1.54) is 0 Å². The number of benzene rings is 1. The van der Waals surface area contributed by atoms with Crippen LogP contribution in [0.15, 0.2) is 35.3 Å². The van der Waals surface area contributed by atoms with Crippen molar-refractivity contribution in [2.24, 2.45) is 34.0 Å². The molecule has 16 nitrogen and oxygen atoms in total. The fraction of sp³-hybridized carbons (Fsp3) is 0.581. The van der Waals surface area contributed by atoms with Gasteiger partial charge in [0.05, 0.1) is 6.04 Å². The summed E-state index contributed by atoms with van der Waals surface area (Å²) in [4.78, 5) is 80.0. The predicted molar refractivity (Wildman–Crippen MR) is 175 cm³/mol. The number of carbonyl (C=O) groups is 6. The number of carboxylic acid groups (broad SMARTS) is 2. The summed E-state index contributed by atoms with van der Waals surface area (Å²) in [5.41, 5.74) is 17.6. The van der Waals surface area contributed by atoms with Crippen molar-refractivity contribution in [1.29, 1.82) is 0 Å². The average Bonchev–Trinajstić information content (AvgIpc) is 2.98. The Labute approximate surface area is 274 Å². The first-order valence-corrected chi connectivity index (χ1v) is 15.5. The molecule has 12 N–H and O–H groups in total. The summed E-state index contributed by atoms with van der Waals surface area (Å²) in [6.45, 7) is 6.97. The number of nitrogens with zero attached hydrogens (tertiary/aromatic N) is 1. The van der Waals surface area contributed by atoms with Crippen molar-refractivity contribution in [3.63, 3.8) is 0 Å². The molecule has 0 aliphatic carbocycles. The smallest absolute Gasteiger partial charge is 0.326 e. The Kier molecular flexibility index (Phi) is 17.5. The molecular formula is C31H50N8O8. The molecule has 262 valence electrons. The second-order valence-corrected chi connectivity index (χ2v) is 12.1. The van der Waals surface area contributed by atoms with Gasteiger partial charge >= 0.3 is 11.9 Å². The Morgan fingerprint density at radius 1 is 0.766 bits per heavy atom. The van der Waals surface area contributed by atoms with E-state index in [2.05, 4.69) is 26.3 Å². The van der Waals surface area contributed by atoms with Crippen molar-refractivity contribution in [1.82, 2.24) is 21.3 Å². The lowest BCUT2D eigenvalue weighted by Crippen LogP contribution is -2.59. The molecule has 0 spiro atoms. The fourth-order valence-electron chi connectivity index (χ4n) is 4.56. The van der Waals surface area contributed by atoms with E-state index >= 15 is 0 Å². The van der Waals surface area contributed by atoms with Crippen molar-refractivity contribution in [3.8, 4) is 0 Å². The Bertz CT molecular complexity index is 1240. The van der Waals surface area contributed by atoms with Crippen LogP contribution in [-0.4, -0.2) is 88.5 Å². The minimum absolute atomic E-state index is 0.0102. The second-order valence-electron chi connectivity index (χ2n) is 12.1. The fourth-order valence-corrected chi connectivity index (χ4v) is 4.56. The maximum absolute atomic E-state index is 13.5. The van der Waals surface area contributed by atoms with Gasteiger partial charge in [0.2, 0.25) is 23.6 Å². The van der Waals surface area contributed by atoms with Crippen LogP contribution in [0.25, 0.3) is 0 Å². The molecule has 0 saturated carbocycles. The molecule has 0 aliphatic rings. The largest absolute Gasteiger partial charge is 0.481 e. The lowest BCUT2D eigenvalue weighted by atomic mass is 10.0. The number of rotatable bonds is 21. The maximum atomic E-state index is 13.5. The Morgan fingerprint density at radius 2 is 1.30 bits per heavy atom. The first-order chi connectivity index (χ1) is 22.0. The van der Waals surface area contributed by atoms with E-state index in [1.807, 2.05) is 44.2 Å². The number of carboxylic acids is 2. The van der Waals surface area contributed by atoms with Crippen molar-refractivity contribution in [3.05, 3.63) is 35.9 Å². The third-order valence-electron chi connectivity index (χ3n) is 7.06. The molecule has 0 aliphatic heterocycles. The lowest BCUT2D eigenvalue weighted by molar-refractivity contribution is -0.143. The number of aliphatic carboxylic acids is 2. The molecule has 0 heterocycles. The number of hydrogen-bond acceptors (Lipinski definition) is 8. The van der Waals surface area contributed by atoms with Gasteiger partial charge in [-0.1, -0.05) is 58.0 Å². The van der Waals surface area contributed by atoms with Crippen LogP contribution in [0.4, 0.5) is 0 Å². The zero-order chi connectivity index (χ0) is 35.7. The summed E-state index contributed by atoms with van der Waals surface area (Å²) in [6.07, 6.45) is -0.230. The molecule has 0 fully saturated rings. The number of nitrogens with two attached hydrogens (primary N) is 3. The molecule has 1 aromatic rings. The Hall–Kier alpha value is -4.73. The first-order valence-electron chi connectivity index (χ1n) is 15.5. The van der Waals surface area contributed by atoms with E-state index in [9.17, 15) is 39.0 Å². The molecule has 0 saturated heterocycles. The molecule has 4 amide bonds. The van der Waals surface area contributed by atoms with Crippen molar-refractivity contribution in [2.75, 3.05) is 6.54 Å². The van der Waals surface area contributed by atoms with Gasteiger partial charge in [-0.2, -0.15) is 0 Å². The van der Waals surface area contributed by atoms with E-state index in [-0.39, 0.29) is 50.5 Å². The molecule has 1 rings (SSSR count). The van der Waals surface area contributed by atoms with Crippen LogP contribution >= 0.6 is 0 Å². The molecule has 16 heteroatoms. The number of hydrogen-bond donors (Lipinski definition) is 9. The SMILES string of the molecule is CC(C)C[C@H](NC(=O)[C@@H](N)Cc1ccccc1)C(=O)N[C@@H](CCC(=O)O)C(=O)N[C@@H](CCCN=C(N)N)C(=O)N[C@H](C(=O)O)C(C)C. The molecule has 0 bridgehead atoms. The molecule has 0 radical (unpaired) electrons. The summed E-state index contributed by atoms with van der Waals surface area (Å²) in [6, 6.07) is 3.06. The molecule has 47 heavy (non-hydrogen) atoms. The zero-order valence-electron chi connectivity index (χ0n) is 27.4. The third-order valence-corrected chi connectivity index (χ3v) is 7.06. The average molecular weight is 663 g/mol. The number of aliphatic imine (C=N–C) groups is 1. The standard InChI is InChI=1S/C31H50N8O8/c1-17(2)15-23(38-26(42)20(32)16-19-9-6-5-7-10-19)29(45)37-22(12-13-24(40)41)27(43)36-21(11-8-14-35-31(33)34)28(44)39-25(18(3)4)30(46)47/h5-7,9-10,17-18,20-23,25H,8,11-16,32H2,1-4H3,(H,36,43)(H,37,45)(H,38,42)(H,39,44)(H,40,41)(H,46,47)(H4,33,34,35)/t20-,21-,22-,23-,25-/m0/s1. The van der Waals surface area contributed by atoms with Gasteiger partial charge in [-0.25, -0.2) is 4.79 Å². The van der Waals surface area contributed by atoms with Gasteiger partial charge in [0.15, 0.2) is 5.96 Å². The normalized spacial score (nSPS) is 14.2. The molecule has 5 atom stereocenters. The van der Waals surface area contributed by atoms with Crippen LogP contribution in [0.5, 0.6) is 0 Å². The molecule has 1 aromatic carbocycles. The molecular weight excluding hydrogens is 612 g/mol. The highest BCUT2D eigenvalue weighted by Crippen LogP contribution is 2.10. The minimum Gasteiger partial charge on any atom is -0.481 e. The van der Waals surface area contributed by atoms with E-state index in [1.54, 1.807) is 13.8 Å². The molecule has 0 aromatic heterocycles. The lowest BCUT2D eigenvalue weighted by Gasteiger charge is -2.27. The zero-order valence-corrected chi connectivity index (χ0v) is 27.4. The number of carbonyl (C=O) groups excluding carboxylic acids is 4. The quantitative estimate of drug-likeness (QED) is 0.0446. The molecule has 0 unspecified atom stereocenters. The highest BCUT2D eigenvalue weighted by molar-refractivity contribution is 5.95. The van der Waals surface area contributed by atoms with Gasteiger partial charge in [-0.05, 0) is 49.5 Å². The number of nitrogens with one attached hydrogen (secondary N) is 4. The topological polar surface area (TPSA) is 281 Å². The second kappa shape index (κ2) is 20.4. The summed E-state index contributed by atoms with van der Waals surface area (Å²) < 4.78 is 0. The van der Waals surface area contributed by atoms with E-state index < -0.39 is 78.1 Å². The van der Waals surface area contributed by atoms with Crippen molar-refractivity contribution in [2.45, 2.75) is 96.4 Å². The van der Waals surface area contributed by atoms with Gasteiger partial charge in [-0.15, -0.1) is 0 Å². The minimum atomic E-state index is -1.42. The van der Waals surface area contributed by atoms with Crippen LogP contribution in [0.3, 0.4) is 0 Å². The van der Waals surface area contributed by atoms with Crippen LogP contribution in [0.1, 0.15) is 65.4 Å². The van der Waals surface area contributed by atoms with Crippen LogP contribution in [-0.2, 0) is 35.2 Å². The van der Waals surface area contributed by atoms with Gasteiger partial charge in [0, 0.05) is 13.0 Å². The van der Waals surface area contributed by atoms with Crippen molar-refractivity contribution >= 4 is 41.5 Å². The maximum Gasteiger partial charge on any atom is 0.326 e. The van der Waals surface area contributed by atoms with Gasteiger partial charge in [0.1, 0.15) is 24.2 Å². The summed E-state index contributed by atoms with van der Waals surface area (Å²) in [5, 5.41) is 28.9. The van der Waals surface area contributed by atoms with Gasteiger partial charge in [-0.3, -0.25) is 29.0 Å². The Morgan fingerprint density at radius 3 is 1.81 bits per heavy atom. The highest BCUT2D eigenvalue weighted by Gasteiger charge is 2.33. The third kappa shape index (κ3) is 15.9. The summed E-state index contributed by atoms with van der Waals surface area (Å²) >= 11 is 0. The number of amides is 4. The number of guanidine groups is 1. The first kappa shape index (κ1) is 40.3. The summed E-state index contributed by atoms with van der Waals surface area (Å²) in [7, 11) is 0. The van der Waals surface area contributed by atoms with Crippen LogP contribution in [0, 0.1) is 11.8 Å². The van der Waals surface area contributed by atoms with Crippen LogP contribution < -0.4 is 38.5 Å². The summed E-state index contributed by atoms with van der Waals surface area (Å²) in [5.74, 6) is -6.24. The van der Waals surface area contributed by atoms with E-state index in [0.717, 1.165) is 5.56 Å². The van der Waals surface area contributed by atoms with Crippen molar-refractivity contribution < 1.29 is 39.0 Å². The Balaban J connectivity index is 3.19. The highest BCUT2D eigenvalue weighted by atomic mass is 16.4. The van der Waals surface area contributed by atoms with Gasteiger partial charge < -0.3 is 48.7 Å². The van der Waals surface area contributed by atoms with E-state index in [4.69, 9.17) is 17.2 Å². The van der Waals surface area contributed by atoms with Gasteiger partial charge in [0.25, 0.3) is 0 Å². The monoisotopic (exact) mass is 662 g/mol. The predicted octanol–water partition coefficient (Wildman–Crippen LogP) is -0.799. The van der Waals surface area contributed by atoms with Crippen LogP contribution in [0.2, 0.25) is 0 Å².